The van der Waals surface area contributed by atoms with Crippen molar-refractivity contribution in [2.24, 2.45) is 0 Å². The number of nitrogens with one attached hydrogen (secondary N) is 1. The fraction of sp³-hybridized carbons (Fsp3) is 0.188. The molecule has 0 aliphatic rings. The van der Waals surface area contributed by atoms with Crippen molar-refractivity contribution in [3.63, 3.8) is 0 Å². The lowest BCUT2D eigenvalue weighted by Gasteiger charge is -2.10. The average Bonchev–Trinajstić information content (AvgIpc) is 2.58. The molecular weight excluding hydrogens is 298 g/mol. The van der Waals surface area contributed by atoms with Crippen molar-refractivity contribution in [2.75, 3.05) is 14.2 Å². The minimum atomic E-state index is -0.487. The Bertz CT molecular complexity index is 961. The van der Waals surface area contributed by atoms with E-state index in [1.807, 2.05) is 0 Å². The van der Waals surface area contributed by atoms with Gasteiger partial charge in [-0.3, -0.25) is 14.3 Å². The molecule has 0 unspecified atom stereocenters. The highest BCUT2D eigenvalue weighted by molar-refractivity contribution is 5.81. The summed E-state index contributed by atoms with van der Waals surface area (Å²) in [6, 6.07) is 6.69. The average molecular weight is 313 g/mol. The summed E-state index contributed by atoms with van der Waals surface area (Å²) in [5.41, 5.74) is 0.284. The maximum absolute atomic E-state index is 12.6. The quantitative estimate of drug-likeness (QED) is 0.781. The van der Waals surface area contributed by atoms with E-state index in [9.17, 15) is 9.59 Å². The van der Waals surface area contributed by atoms with Crippen LogP contribution >= 0.6 is 0 Å². The van der Waals surface area contributed by atoms with Crippen LogP contribution in [0.1, 0.15) is 5.56 Å². The molecule has 1 aromatic carbocycles. The Hall–Kier alpha value is -3.09. The second-order valence-electron chi connectivity index (χ2n) is 4.94. The summed E-state index contributed by atoms with van der Waals surface area (Å²) in [4.78, 5) is 31.6. The summed E-state index contributed by atoms with van der Waals surface area (Å²) in [5.74, 6) is 0.872. The lowest BCUT2D eigenvalue weighted by molar-refractivity contribution is 0.355. The van der Waals surface area contributed by atoms with Crippen LogP contribution in [0.4, 0.5) is 0 Å². The zero-order valence-corrected chi connectivity index (χ0v) is 12.7. The van der Waals surface area contributed by atoms with Crippen molar-refractivity contribution >= 4 is 10.9 Å². The molecule has 0 aliphatic heterocycles. The Morgan fingerprint density at radius 2 is 1.91 bits per heavy atom. The number of rotatable bonds is 4. The van der Waals surface area contributed by atoms with Crippen LogP contribution in [-0.4, -0.2) is 28.8 Å². The summed E-state index contributed by atoms with van der Waals surface area (Å²) >= 11 is 0. The second kappa shape index (κ2) is 5.96. The molecule has 118 valence electrons. The molecule has 0 spiro atoms. The monoisotopic (exact) mass is 313 g/mol. The smallest absolute Gasteiger partial charge is 0.329 e. The molecule has 0 radical (unpaired) electrons. The fourth-order valence-corrected chi connectivity index (χ4v) is 2.40. The molecule has 7 nitrogen and oxygen atoms in total. The van der Waals surface area contributed by atoms with E-state index in [-0.39, 0.29) is 6.54 Å². The fourth-order valence-electron chi connectivity index (χ4n) is 2.40. The van der Waals surface area contributed by atoms with Gasteiger partial charge in [0.1, 0.15) is 0 Å². The van der Waals surface area contributed by atoms with Gasteiger partial charge in [-0.2, -0.15) is 0 Å². The van der Waals surface area contributed by atoms with Gasteiger partial charge < -0.3 is 14.5 Å². The van der Waals surface area contributed by atoms with Gasteiger partial charge >= 0.3 is 5.69 Å². The first kappa shape index (κ1) is 14.8. The highest BCUT2D eigenvalue weighted by Crippen LogP contribution is 2.29. The van der Waals surface area contributed by atoms with Crippen LogP contribution in [0.3, 0.4) is 0 Å². The zero-order valence-electron chi connectivity index (χ0n) is 12.7. The minimum absolute atomic E-state index is 0.145. The number of ether oxygens (including phenoxy) is 2. The topological polar surface area (TPSA) is 86.2 Å². The molecule has 7 heteroatoms. The van der Waals surface area contributed by atoms with Crippen molar-refractivity contribution in [3.05, 3.63) is 63.1 Å². The predicted molar refractivity (Wildman–Crippen MR) is 85.3 cm³/mol. The Labute approximate surface area is 131 Å². The van der Waals surface area contributed by atoms with Gasteiger partial charge in [-0.1, -0.05) is 6.07 Å². The minimum Gasteiger partial charge on any atom is -0.493 e. The van der Waals surface area contributed by atoms with Gasteiger partial charge in [-0.25, -0.2) is 4.79 Å². The molecule has 0 fully saturated rings. The lowest BCUT2D eigenvalue weighted by Crippen LogP contribution is -2.35. The number of nitrogens with zero attached hydrogens (tertiary/aromatic N) is 2. The van der Waals surface area contributed by atoms with E-state index in [0.29, 0.717) is 22.4 Å². The number of H-pyrrole nitrogens is 1. The van der Waals surface area contributed by atoms with E-state index < -0.39 is 11.2 Å². The van der Waals surface area contributed by atoms with Gasteiger partial charge in [0, 0.05) is 18.5 Å². The molecule has 2 aromatic heterocycles. The van der Waals surface area contributed by atoms with E-state index in [4.69, 9.17) is 9.47 Å². The molecule has 3 rings (SSSR count). The third kappa shape index (κ3) is 2.68. The Kier molecular flexibility index (Phi) is 3.84. The molecule has 0 amide bonds. The Balaban J connectivity index is 2.21. The lowest BCUT2D eigenvalue weighted by atomic mass is 10.2. The molecule has 3 aromatic rings. The largest absolute Gasteiger partial charge is 0.493 e. The van der Waals surface area contributed by atoms with E-state index in [0.717, 1.165) is 10.1 Å². The van der Waals surface area contributed by atoms with E-state index >= 15 is 0 Å². The maximum Gasteiger partial charge on any atom is 0.329 e. The Morgan fingerprint density at radius 3 is 2.57 bits per heavy atom. The van der Waals surface area contributed by atoms with Crippen LogP contribution < -0.4 is 20.7 Å². The SMILES string of the molecule is COc1cc2[nH]c(=O)n(Cc3cccnc3)c(=O)c2cc1OC. The third-order valence-electron chi connectivity index (χ3n) is 3.55. The van der Waals surface area contributed by atoms with E-state index in [1.165, 1.54) is 14.2 Å². The first-order valence-electron chi connectivity index (χ1n) is 6.92. The van der Waals surface area contributed by atoms with Crippen molar-refractivity contribution < 1.29 is 9.47 Å². The van der Waals surface area contributed by atoms with Crippen molar-refractivity contribution in [2.45, 2.75) is 6.54 Å². The van der Waals surface area contributed by atoms with Crippen LogP contribution in [0, 0.1) is 0 Å². The zero-order chi connectivity index (χ0) is 16.4. The number of benzene rings is 1. The second-order valence-corrected chi connectivity index (χ2v) is 4.94. The summed E-state index contributed by atoms with van der Waals surface area (Å²) in [6.07, 6.45) is 3.25. The normalized spacial score (nSPS) is 10.7. The van der Waals surface area contributed by atoms with Crippen LogP contribution in [0.2, 0.25) is 0 Å². The number of fused-ring (bicyclic) bond motifs is 1. The summed E-state index contributed by atoms with van der Waals surface area (Å²) in [6.45, 7) is 0.145. The molecule has 0 aliphatic carbocycles. The molecule has 0 atom stereocenters. The number of aromatic nitrogens is 3. The van der Waals surface area contributed by atoms with Crippen molar-refractivity contribution in [3.8, 4) is 11.5 Å². The maximum atomic E-state index is 12.6. The van der Waals surface area contributed by atoms with Gasteiger partial charge in [0.2, 0.25) is 0 Å². The third-order valence-corrected chi connectivity index (χ3v) is 3.55. The number of aromatic amines is 1. The molecule has 2 heterocycles. The molecule has 23 heavy (non-hydrogen) atoms. The standard InChI is InChI=1S/C16H15N3O4/c1-22-13-6-11-12(7-14(13)23-2)18-16(21)19(15(11)20)9-10-4-3-5-17-8-10/h3-8H,9H2,1-2H3,(H,18,21). The molecule has 0 saturated heterocycles. The highest BCUT2D eigenvalue weighted by Gasteiger charge is 2.13. The number of pyridine rings is 1. The first-order valence-corrected chi connectivity index (χ1v) is 6.92. The summed E-state index contributed by atoms with van der Waals surface area (Å²) in [5, 5.41) is 0.353. The molecular formula is C16H15N3O4. The van der Waals surface area contributed by atoms with Gasteiger partial charge in [-0.05, 0) is 17.7 Å². The number of hydrogen-bond acceptors (Lipinski definition) is 5. The van der Waals surface area contributed by atoms with Gasteiger partial charge in [-0.15, -0.1) is 0 Å². The van der Waals surface area contributed by atoms with Crippen molar-refractivity contribution in [1.29, 1.82) is 0 Å². The van der Waals surface area contributed by atoms with E-state index in [1.54, 1.807) is 36.7 Å². The van der Waals surface area contributed by atoms with Crippen LogP contribution in [0.25, 0.3) is 10.9 Å². The van der Waals surface area contributed by atoms with Crippen LogP contribution in [-0.2, 0) is 6.54 Å². The van der Waals surface area contributed by atoms with Gasteiger partial charge in [0.05, 0.1) is 31.7 Å². The van der Waals surface area contributed by atoms with Crippen molar-refractivity contribution in [1.82, 2.24) is 14.5 Å². The highest BCUT2D eigenvalue weighted by atomic mass is 16.5. The molecule has 1 N–H and O–H groups in total. The number of methoxy groups -OCH3 is 2. The van der Waals surface area contributed by atoms with Gasteiger partial charge in [0.25, 0.3) is 5.56 Å². The first-order chi connectivity index (χ1) is 11.1. The molecule has 0 saturated carbocycles. The summed E-state index contributed by atoms with van der Waals surface area (Å²) < 4.78 is 11.5. The van der Waals surface area contributed by atoms with Gasteiger partial charge in [0.15, 0.2) is 11.5 Å². The summed E-state index contributed by atoms with van der Waals surface area (Å²) in [7, 11) is 2.98. The van der Waals surface area contributed by atoms with Crippen LogP contribution in [0.15, 0.2) is 46.2 Å². The Morgan fingerprint density at radius 1 is 1.17 bits per heavy atom. The molecule has 0 bridgehead atoms. The predicted octanol–water partition coefficient (Wildman–Crippen LogP) is 1.15. The van der Waals surface area contributed by atoms with E-state index in [2.05, 4.69) is 9.97 Å². The van der Waals surface area contributed by atoms with Crippen LogP contribution in [0.5, 0.6) is 11.5 Å². The number of hydrogen-bond donors (Lipinski definition) is 1.